The van der Waals surface area contributed by atoms with E-state index in [0.29, 0.717) is 0 Å². The van der Waals surface area contributed by atoms with Crippen molar-refractivity contribution >= 4 is 11.8 Å². The summed E-state index contributed by atoms with van der Waals surface area (Å²) in [4.78, 5) is 0. The predicted molar refractivity (Wildman–Crippen MR) is 57.8 cm³/mol. The van der Waals surface area contributed by atoms with Gasteiger partial charge in [-0.1, -0.05) is 11.6 Å². The summed E-state index contributed by atoms with van der Waals surface area (Å²) >= 11 is 2.08. The first-order valence-corrected chi connectivity index (χ1v) is 5.89. The zero-order valence-corrected chi connectivity index (χ0v) is 8.91. The van der Waals surface area contributed by atoms with E-state index in [2.05, 4.69) is 37.0 Å². The molecule has 1 nitrogen and oxygen atoms in total. The first-order valence-electron chi connectivity index (χ1n) is 4.73. The predicted octanol–water partition coefficient (Wildman–Crippen LogP) is 2.44. The molecule has 0 aliphatic carbocycles. The molecule has 1 aliphatic rings. The third-order valence-electron chi connectivity index (χ3n) is 2.14. The summed E-state index contributed by atoms with van der Waals surface area (Å²) < 4.78 is 0. The van der Waals surface area contributed by atoms with Crippen LogP contribution in [0.1, 0.15) is 26.7 Å². The molecule has 0 aromatic rings. The average molecular weight is 185 g/mol. The van der Waals surface area contributed by atoms with Gasteiger partial charge in [0.25, 0.3) is 0 Å². The van der Waals surface area contributed by atoms with Gasteiger partial charge in [-0.05, 0) is 38.2 Å². The molecule has 1 rings (SSSR count). The number of allylic oxidation sites excluding steroid dienone is 1. The lowest BCUT2D eigenvalue weighted by Gasteiger charge is -2.21. The van der Waals surface area contributed by atoms with Gasteiger partial charge in [0, 0.05) is 12.6 Å². The van der Waals surface area contributed by atoms with Gasteiger partial charge >= 0.3 is 0 Å². The molecule has 0 saturated carbocycles. The third kappa shape index (κ3) is 4.17. The maximum atomic E-state index is 3.56. The first-order chi connectivity index (χ1) is 5.79. The van der Waals surface area contributed by atoms with Gasteiger partial charge in [0.15, 0.2) is 0 Å². The molecule has 0 amide bonds. The Morgan fingerprint density at radius 3 is 2.67 bits per heavy atom. The van der Waals surface area contributed by atoms with Crippen molar-refractivity contribution in [2.24, 2.45) is 0 Å². The standard InChI is InChI=1S/C10H19NS/c1-9(2)3-6-11-10-4-7-12-8-5-10/h3,10-11H,4-8H2,1-2H3. The molecular weight excluding hydrogens is 166 g/mol. The van der Waals surface area contributed by atoms with E-state index in [1.165, 1.54) is 29.9 Å². The first kappa shape index (κ1) is 10.1. The Morgan fingerprint density at radius 1 is 1.42 bits per heavy atom. The normalized spacial score (nSPS) is 19.2. The molecule has 1 saturated heterocycles. The second kappa shape index (κ2) is 5.65. The molecule has 12 heavy (non-hydrogen) atoms. The maximum Gasteiger partial charge on any atom is 0.0139 e. The quantitative estimate of drug-likeness (QED) is 0.678. The molecule has 1 aliphatic heterocycles. The highest BCUT2D eigenvalue weighted by molar-refractivity contribution is 7.99. The van der Waals surface area contributed by atoms with Gasteiger partial charge in [0.2, 0.25) is 0 Å². The van der Waals surface area contributed by atoms with Crippen LogP contribution >= 0.6 is 11.8 Å². The van der Waals surface area contributed by atoms with Crippen LogP contribution in [0.25, 0.3) is 0 Å². The smallest absolute Gasteiger partial charge is 0.0139 e. The van der Waals surface area contributed by atoms with E-state index < -0.39 is 0 Å². The topological polar surface area (TPSA) is 12.0 Å². The molecule has 1 N–H and O–H groups in total. The summed E-state index contributed by atoms with van der Waals surface area (Å²) in [7, 11) is 0. The lowest BCUT2D eigenvalue weighted by molar-refractivity contribution is 0.507. The third-order valence-corrected chi connectivity index (χ3v) is 3.19. The second-order valence-corrected chi connectivity index (χ2v) is 4.80. The van der Waals surface area contributed by atoms with Crippen molar-refractivity contribution < 1.29 is 0 Å². The number of hydrogen-bond acceptors (Lipinski definition) is 2. The molecule has 0 bridgehead atoms. The molecule has 1 heterocycles. The van der Waals surface area contributed by atoms with Gasteiger partial charge in [0.1, 0.15) is 0 Å². The van der Waals surface area contributed by atoms with Crippen molar-refractivity contribution in [1.82, 2.24) is 5.32 Å². The molecule has 0 aromatic heterocycles. The van der Waals surface area contributed by atoms with Gasteiger partial charge in [-0.3, -0.25) is 0 Å². The van der Waals surface area contributed by atoms with E-state index in [4.69, 9.17) is 0 Å². The summed E-state index contributed by atoms with van der Waals surface area (Å²) in [5, 5.41) is 3.56. The summed E-state index contributed by atoms with van der Waals surface area (Å²) in [5.41, 5.74) is 1.41. The summed E-state index contributed by atoms with van der Waals surface area (Å²) in [5.74, 6) is 2.68. The minimum absolute atomic E-state index is 0.779. The monoisotopic (exact) mass is 185 g/mol. The molecule has 2 heteroatoms. The number of nitrogens with one attached hydrogen (secondary N) is 1. The van der Waals surface area contributed by atoms with E-state index in [0.717, 1.165) is 12.6 Å². The SMILES string of the molecule is CC(C)=CCNC1CCSCC1. The largest absolute Gasteiger partial charge is 0.310 e. The Balaban J connectivity index is 2.09. The fourth-order valence-electron chi connectivity index (χ4n) is 1.33. The summed E-state index contributed by atoms with van der Waals surface area (Å²) in [6.45, 7) is 5.36. The second-order valence-electron chi connectivity index (χ2n) is 3.58. The maximum absolute atomic E-state index is 3.56. The van der Waals surface area contributed by atoms with Gasteiger partial charge < -0.3 is 5.32 Å². The van der Waals surface area contributed by atoms with Crippen LogP contribution in [0.3, 0.4) is 0 Å². The van der Waals surface area contributed by atoms with Crippen LogP contribution in [0.5, 0.6) is 0 Å². The van der Waals surface area contributed by atoms with Crippen LogP contribution in [0, 0.1) is 0 Å². The van der Waals surface area contributed by atoms with Crippen molar-refractivity contribution in [3.05, 3.63) is 11.6 Å². The number of thioether (sulfide) groups is 1. The molecule has 0 atom stereocenters. The average Bonchev–Trinajstić information content (AvgIpc) is 2.05. The molecule has 0 unspecified atom stereocenters. The highest BCUT2D eigenvalue weighted by Crippen LogP contribution is 2.16. The number of hydrogen-bond donors (Lipinski definition) is 1. The van der Waals surface area contributed by atoms with E-state index >= 15 is 0 Å². The number of rotatable bonds is 3. The molecule has 0 radical (unpaired) electrons. The Hall–Kier alpha value is 0.0500. The van der Waals surface area contributed by atoms with Crippen molar-refractivity contribution in [2.75, 3.05) is 18.1 Å². The van der Waals surface area contributed by atoms with Gasteiger partial charge in [-0.2, -0.15) is 11.8 Å². The van der Waals surface area contributed by atoms with E-state index in [1.807, 2.05) is 0 Å². The van der Waals surface area contributed by atoms with E-state index in [1.54, 1.807) is 0 Å². The Kier molecular flexibility index (Phi) is 4.77. The van der Waals surface area contributed by atoms with Crippen molar-refractivity contribution in [2.45, 2.75) is 32.7 Å². The van der Waals surface area contributed by atoms with Crippen LogP contribution in [0.2, 0.25) is 0 Å². The fraction of sp³-hybridized carbons (Fsp3) is 0.800. The van der Waals surface area contributed by atoms with Gasteiger partial charge in [0.05, 0.1) is 0 Å². The highest BCUT2D eigenvalue weighted by atomic mass is 32.2. The van der Waals surface area contributed by atoms with E-state index in [-0.39, 0.29) is 0 Å². The molecular formula is C10H19NS. The Morgan fingerprint density at radius 2 is 2.08 bits per heavy atom. The van der Waals surface area contributed by atoms with E-state index in [9.17, 15) is 0 Å². The highest BCUT2D eigenvalue weighted by Gasteiger charge is 2.11. The van der Waals surface area contributed by atoms with Crippen molar-refractivity contribution in [3.8, 4) is 0 Å². The van der Waals surface area contributed by atoms with Crippen LogP contribution < -0.4 is 5.32 Å². The van der Waals surface area contributed by atoms with Crippen LogP contribution in [0.15, 0.2) is 11.6 Å². The molecule has 70 valence electrons. The van der Waals surface area contributed by atoms with Gasteiger partial charge in [-0.15, -0.1) is 0 Å². The van der Waals surface area contributed by atoms with Crippen molar-refractivity contribution in [1.29, 1.82) is 0 Å². The lowest BCUT2D eigenvalue weighted by Crippen LogP contribution is -2.32. The van der Waals surface area contributed by atoms with Crippen LogP contribution in [-0.4, -0.2) is 24.1 Å². The van der Waals surface area contributed by atoms with Crippen LogP contribution in [-0.2, 0) is 0 Å². The molecule has 0 spiro atoms. The van der Waals surface area contributed by atoms with Crippen molar-refractivity contribution in [3.63, 3.8) is 0 Å². The zero-order chi connectivity index (χ0) is 8.81. The molecule has 1 fully saturated rings. The van der Waals surface area contributed by atoms with Crippen LogP contribution in [0.4, 0.5) is 0 Å². The fourth-order valence-corrected chi connectivity index (χ4v) is 2.44. The Bertz CT molecular complexity index is 144. The minimum atomic E-state index is 0.779. The summed E-state index contributed by atoms with van der Waals surface area (Å²) in [6.07, 6.45) is 4.96. The Labute approximate surface area is 80.0 Å². The lowest BCUT2D eigenvalue weighted by atomic mass is 10.1. The zero-order valence-electron chi connectivity index (χ0n) is 8.10. The summed E-state index contributed by atoms with van der Waals surface area (Å²) in [6, 6.07) is 0.779. The van der Waals surface area contributed by atoms with Gasteiger partial charge in [-0.25, -0.2) is 0 Å². The minimum Gasteiger partial charge on any atom is -0.310 e. The molecule has 0 aromatic carbocycles.